The molecule has 13 heavy (non-hydrogen) atoms. The fraction of sp³-hybridized carbons (Fsp3) is 0.667. The van der Waals surface area contributed by atoms with Crippen LogP contribution in [0, 0.1) is 0 Å². The predicted octanol–water partition coefficient (Wildman–Crippen LogP) is -1.89. The van der Waals surface area contributed by atoms with Crippen molar-refractivity contribution >= 4 is 11.9 Å². The predicted molar refractivity (Wildman–Crippen MR) is 48.6 cm³/mol. The Labute approximate surface area is 76.3 Å². The van der Waals surface area contributed by atoms with Crippen LogP contribution in [0.1, 0.15) is 0 Å². The number of carbonyl (C=O) groups is 2. The quantitative estimate of drug-likeness (QED) is 0.301. The zero-order chi connectivity index (χ0) is 9.40. The van der Waals surface area contributed by atoms with Crippen molar-refractivity contribution in [1.29, 1.82) is 0 Å². The van der Waals surface area contributed by atoms with E-state index >= 15 is 0 Å². The molecule has 9 N–H and O–H groups in total. The number of aliphatic carboxylic acids is 1. The van der Waals surface area contributed by atoms with Gasteiger partial charge >= 0.3 is 5.97 Å². The highest BCUT2D eigenvalue weighted by Crippen LogP contribution is 1.61. The molecule has 0 bridgehead atoms. The second-order valence-corrected chi connectivity index (χ2v) is 2.21. The molecule has 0 saturated carbocycles. The highest BCUT2D eigenvalue weighted by molar-refractivity contribution is 5.75. The molecule has 0 aromatic rings. The second-order valence-electron chi connectivity index (χ2n) is 2.21. The van der Waals surface area contributed by atoms with E-state index in [1.165, 1.54) is 0 Å². The van der Waals surface area contributed by atoms with Crippen molar-refractivity contribution in [3.63, 3.8) is 0 Å². The molecule has 0 heterocycles. The van der Waals surface area contributed by atoms with Crippen LogP contribution in [0.15, 0.2) is 0 Å². The van der Waals surface area contributed by atoms with Gasteiger partial charge in [-0.05, 0) is 0 Å². The third-order valence-electron chi connectivity index (χ3n) is 1.05. The van der Waals surface area contributed by atoms with Gasteiger partial charge in [-0.15, -0.1) is 0 Å². The Morgan fingerprint density at radius 3 is 2.00 bits per heavy atom. The molecule has 0 fully saturated rings. The van der Waals surface area contributed by atoms with Crippen molar-refractivity contribution in [1.82, 2.24) is 16.8 Å². The normalized spacial score (nSPS) is 8.92. The van der Waals surface area contributed by atoms with Gasteiger partial charge in [-0.3, -0.25) is 9.59 Å². The SMILES string of the molecule is NC(=O)CNCCNCC(=O)O.[NH4+]. The summed E-state index contributed by atoms with van der Waals surface area (Å²) in [6.07, 6.45) is 0. The maximum absolute atomic E-state index is 10.2. The monoisotopic (exact) mass is 193 g/mol. The van der Waals surface area contributed by atoms with Crippen LogP contribution < -0.4 is 22.5 Å². The van der Waals surface area contributed by atoms with Crippen molar-refractivity contribution in [2.45, 2.75) is 0 Å². The van der Waals surface area contributed by atoms with Crippen molar-refractivity contribution in [3.8, 4) is 0 Å². The average molecular weight is 193 g/mol. The lowest BCUT2D eigenvalue weighted by atomic mass is 10.5. The molecule has 0 aliphatic rings. The van der Waals surface area contributed by atoms with Gasteiger partial charge in [-0.1, -0.05) is 0 Å². The molecule has 7 heteroatoms. The summed E-state index contributed by atoms with van der Waals surface area (Å²) in [7, 11) is 0. The number of hydrogen-bond acceptors (Lipinski definition) is 4. The number of quaternary nitrogens is 1. The number of nitrogens with one attached hydrogen (secondary N) is 2. The first kappa shape index (κ1) is 14.3. The Balaban J connectivity index is 0. The van der Waals surface area contributed by atoms with Gasteiger partial charge in [0.1, 0.15) is 0 Å². The van der Waals surface area contributed by atoms with Gasteiger partial charge in [0, 0.05) is 13.1 Å². The zero-order valence-corrected chi connectivity index (χ0v) is 7.67. The van der Waals surface area contributed by atoms with Crippen LogP contribution in [0.25, 0.3) is 0 Å². The number of carbonyl (C=O) groups excluding carboxylic acids is 1. The molecule has 0 aromatic carbocycles. The van der Waals surface area contributed by atoms with E-state index in [0.717, 1.165) is 0 Å². The van der Waals surface area contributed by atoms with E-state index in [9.17, 15) is 9.59 Å². The summed E-state index contributed by atoms with van der Waals surface area (Å²) in [6, 6.07) is 0. The van der Waals surface area contributed by atoms with Gasteiger partial charge < -0.3 is 27.6 Å². The first-order chi connectivity index (χ1) is 5.63. The maximum Gasteiger partial charge on any atom is 0.317 e. The summed E-state index contributed by atoms with van der Waals surface area (Å²) in [5, 5.41) is 13.6. The third-order valence-corrected chi connectivity index (χ3v) is 1.05. The van der Waals surface area contributed by atoms with E-state index in [1.54, 1.807) is 0 Å². The Kier molecular flexibility index (Phi) is 9.84. The molecule has 0 aliphatic carbocycles. The molecule has 0 aromatic heterocycles. The van der Waals surface area contributed by atoms with Crippen LogP contribution >= 0.6 is 0 Å². The van der Waals surface area contributed by atoms with Crippen molar-refractivity contribution < 1.29 is 14.7 Å². The number of nitrogens with two attached hydrogens (primary N) is 1. The van der Waals surface area contributed by atoms with E-state index in [2.05, 4.69) is 10.6 Å². The summed E-state index contributed by atoms with van der Waals surface area (Å²) in [6.45, 7) is 1.07. The molecule has 0 radical (unpaired) electrons. The van der Waals surface area contributed by atoms with Gasteiger partial charge in [0.25, 0.3) is 0 Å². The van der Waals surface area contributed by atoms with Crippen molar-refractivity contribution in [2.24, 2.45) is 5.73 Å². The molecule has 1 amide bonds. The van der Waals surface area contributed by atoms with Crippen LogP contribution in [0.4, 0.5) is 0 Å². The van der Waals surface area contributed by atoms with E-state index in [0.29, 0.717) is 13.1 Å². The Hall–Kier alpha value is -1.18. The van der Waals surface area contributed by atoms with E-state index in [1.807, 2.05) is 0 Å². The van der Waals surface area contributed by atoms with E-state index < -0.39 is 11.9 Å². The standard InChI is InChI=1S/C6H13N3O3.H3N/c7-5(10)3-8-1-2-9-4-6(11)12;/h8-9H,1-4H2,(H2,7,10)(H,11,12);1H3/p+1. The van der Waals surface area contributed by atoms with E-state index in [-0.39, 0.29) is 19.2 Å². The van der Waals surface area contributed by atoms with Crippen molar-refractivity contribution in [2.75, 3.05) is 26.2 Å². The van der Waals surface area contributed by atoms with Crippen LogP contribution in [0.3, 0.4) is 0 Å². The molecule has 0 aliphatic heterocycles. The lowest BCUT2D eigenvalue weighted by Crippen LogP contribution is -2.35. The van der Waals surface area contributed by atoms with Crippen molar-refractivity contribution in [3.05, 3.63) is 0 Å². The van der Waals surface area contributed by atoms with E-state index in [4.69, 9.17) is 10.8 Å². The fourth-order valence-electron chi connectivity index (χ4n) is 0.584. The van der Waals surface area contributed by atoms with Gasteiger partial charge in [0.15, 0.2) is 0 Å². The first-order valence-corrected chi connectivity index (χ1v) is 3.54. The van der Waals surface area contributed by atoms with Crippen LogP contribution in [0.2, 0.25) is 0 Å². The largest absolute Gasteiger partial charge is 0.480 e. The summed E-state index contributed by atoms with van der Waals surface area (Å²) in [5.74, 6) is -1.32. The highest BCUT2D eigenvalue weighted by atomic mass is 16.4. The molecule has 0 unspecified atom stereocenters. The molecule has 7 nitrogen and oxygen atoms in total. The smallest absolute Gasteiger partial charge is 0.317 e. The van der Waals surface area contributed by atoms with Crippen LogP contribution in [-0.2, 0) is 9.59 Å². The molecule has 0 rings (SSSR count). The minimum atomic E-state index is -0.898. The third kappa shape index (κ3) is 13.8. The van der Waals surface area contributed by atoms with Crippen LogP contribution in [0.5, 0.6) is 0 Å². The second kappa shape index (κ2) is 8.91. The summed E-state index contributed by atoms with van der Waals surface area (Å²) in [5.41, 5.74) is 4.84. The van der Waals surface area contributed by atoms with Gasteiger partial charge in [-0.2, -0.15) is 0 Å². The summed E-state index contributed by atoms with van der Waals surface area (Å²) < 4.78 is 0. The number of amides is 1. The van der Waals surface area contributed by atoms with Crippen LogP contribution in [-0.4, -0.2) is 43.2 Å². The number of rotatable bonds is 7. The molecule has 0 spiro atoms. The number of hydrogen-bond donors (Lipinski definition) is 5. The number of carboxylic acids is 1. The molecule has 0 atom stereocenters. The number of carboxylic acid groups (broad SMARTS) is 1. The molecule has 0 saturated heterocycles. The first-order valence-electron chi connectivity index (χ1n) is 3.54. The Bertz CT molecular complexity index is 144. The topological polar surface area (TPSA) is 141 Å². The highest BCUT2D eigenvalue weighted by Gasteiger charge is 1.94. The summed E-state index contributed by atoms with van der Waals surface area (Å²) >= 11 is 0. The fourth-order valence-corrected chi connectivity index (χ4v) is 0.584. The van der Waals surface area contributed by atoms with Gasteiger partial charge in [0.2, 0.25) is 5.91 Å². The lowest BCUT2D eigenvalue weighted by Gasteiger charge is -2.01. The minimum absolute atomic E-state index is 0. The Morgan fingerprint density at radius 2 is 1.62 bits per heavy atom. The lowest BCUT2D eigenvalue weighted by molar-refractivity contribution is -0.136. The molecular formula is C6H17N4O3+. The van der Waals surface area contributed by atoms with Gasteiger partial charge in [-0.25, -0.2) is 0 Å². The minimum Gasteiger partial charge on any atom is -0.480 e. The summed E-state index contributed by atoms with van der Waals surface area (Å²) in [4.78, 5) is 20.2. The average Bonchev–Trinajstić information content (AvgIpc) is 1.95. The number of primary amides is 1. The Morgan fingerprint density at radius 1 is 1.15 bits per heavy atom. The maximum atomic E-state index is 10.2. The molecular weight excluding hydrogens is 176 g/mol. The van der Waals surface area contributed by atoms with Gasteiger partial charge in [0.05, 0.1) is 13.1 Å². The zero-order valence-electron chi connectivity index (χ0n) is 7.67. The molecule has 78 valence electrons.